The van der Waals surface area contributed by atoms with Crippen LogP contribution in [0.4, 0.5) is 0 Å². The van der Waals surface area contributed by atoms with Gasteiger partial charge < -0.3 is 15.3 Å². The number of ketones is 1. The molecule has 0 saturated heterocycles. The SMILES string of the molecule is Cc1cccc(C(=O)c2cccc(O)c2O)c1O. The number of rotatable bonds is 2. The molecule has 0 heterocycles. The van der Waals surface area contributed by atoms with E-state index in [2.05, 4.69) is 0 Å². The first kappa shape index (κ1) is 12.0. The summed E-state index contributed by atoms with van der Waals surface area (Å²) in [5.74, 6) is -1.51. The zero-order valence-corrected chi connectivity index (χ0v) is 9.71. The van der Waals surface area contributed by atoms with Crippen LogP contribution in [0.1, 0.15) is 21.5 Å². The van der Waals surface area contributed by atoms with E-state index in [0.29, 0.717) is 5.56 Å². The molecule has 0 bridgehead atoms. The van der Waals surface area contributed by atoms with E-state index in [1.807, 2.05) is 0 Å². The van der Waals surface area contributed by atoms with Gasteiger partial charge in [0.05, 0.1) is 11.1 Å². The fourth-order valence-corrected chi connectivity index (χ4v) is 1.70. The third kappa shape index (κ3) is 1.88. The minimum Gasteiger partial charge on any atom is -0.507 e. The number of aryl methyl sites for hydroxylation is 1. The van der Waals surface area contributed by atoms with Crippen molar-refractivity contribution in [1.29, 1.82) is 0 Å². The molecular weight excluding hydrogens is 232 g/mol. The van der Waals surface area contributed by atoms with Crippen molar-refractivity contribution in [3.8, 4) is 17.2 Å². The van der Waals surface area contributed by atoms with Gasteiger partial charge in [0, 0.05) is 0 Å². The first-order valence-electron chi connectivity index (χ1n) is 5.36. The Kier molecular flexibility index (Phi) is 2.93. The average Bonchev–Trinajstić information content (AvgIpc) is 2.35. The maximum atomic E-state index is 12.2. The Morgan fingerprint density at radius 3 is 2.11 bits per heavy atom. The van der Waals surface area contributed by atoms with Crippen molar-refractivity contribution in [3.05, 3.63) is 53.1 Å². The number of para-hydroxylation sites is 2. The van der Waals surface area contributed by atoms with Gasteiger partial charge in [0.15, 0.2) is 11.5 Å². The highest BCUT2D eigenvalue weighted by Gasteiger charge is 2.19. The van der Waals surface area contributed by atoms with Crippen molar-refractivity contribution >= 4 is 5.78 Å². The van der Waals surface area contributed by atoms with Crippen molar-refractivity contribution < 1.29 is 20.1 Å². The van der Waals surface area contributed by atoms with Crippen molar-refractivity contribution in [1.82, 2.24) is 0 Å². The fraction of sp³-hybridized carbons (Fsp3) is 0.0714. The summed E-state index contributed by atoms with van der Waals surface area (Å²) in [6.45, 7) is 1.68. The normalized spacial score (nSPS) is 10.3. The van der Waals surface area contributed by atoms with E-state index in [9.17, 15) is 20.1 Å². The van der Waals surface area contributed by atoms with E-state index < -0.39 is 11.5 Å². The maximum absolute atomic E-state index is 12.2. The molecule has 18 heavy (non-hydrogen) atoms. The number of carbonyl (C=O) groups is 1. The lowest BCUT2D eigenvalue weighted by Crippen LogP contribution is -2.02. The van der Waals surface area contributed by atoms with E-state index in [1.165, 1.54) is 24.3 Å². The molecule has 0 fully saturated rings. The van der Waals surface area contributed by atoms with Crippen LogP contribution >= 0.6 is 0 Å². The predicted octanol–water partition coefficient (Wildman–Crippen LogP) is 2.34. The first-order valence-corrected chi connectivity index (χ1v) is 5.36. The highest BCUT2D eigenvalue weighted by Crippen LogP contribution is 2.32. The lowest BCUT2D eigenvalue weighted by molar-refractivity contribution is 0.103. The zero-order chi connectivity index (χ0) is 13.3. The molecule has 0 aliphatic heterocycles. The smallest absolute Gasteiger partial charge is 0.200 e. The minimum atomic E-state index is -0.537. The van der Waals surface area contributed by atoms with Gasteiger partial charge in [-0.3, -0.25) is 4.79 Å². The van der Waals surface area contributed by atoms with Crippen LogP contribution in [0.3, 0.4) is 0 Å². The molecule has 4 nitrogen and oxygen atoms in total. The lowest BCUT2D eigenvalue weighted by Gasteiger charge is -2.08. The molecule has 0 spiro atoms. The molecule has 2 aromatic carbocycles. The van der Waals surface area contributed by atoms with E-state index in [4.69, 9.17) is 0 Å². The Bertz CT molecular complexity index is 564. The predicted molar refractivity (Wildman–Crippen MR) is 66.0 cm³/mol. The van der Waals surface area contributed by atoms with E-state index in [-0.39, 0.29) is 22.6 Å². The van der Waals surface area contributed by atoms with Crippen molar-refractivity contribution in [2.45, 2.75) is 6.92 Å². The molecule has 2 aromatic rings. The van der Waals surface area contributed by atoms with Crippen LogP contribution in [0.5, 0.6) is 17.2 Å². The molecule has 0 radical (unpaired) electrons. The zero-order valence-electron chi connectivity index (χ0n) is 9.71. The van der Waals surface area contributed by atoms with Crippen LogP contribution in [0.25, 0.3) is 0 Å². The summed E-state index contributed by atoms with van der Waals surface area (Å²) in [6.07, 6.45) is 0. The number of hydrogen-bond donors (Lipinski definition) is 3. The van der Waals surface area contributed by atoms with Gasteiger partial charge in [0.25, 0.3) is 0 Å². The minimum absolute atomic E-state index is 0.0455. The van der Waals surface area contributed by atoms with E-state index in [1.54, 1.807) is 19.1 Å². The second-order valence-corrected chi connectivity index (χ2v) is 3.97. The van der Waals surface area contributed by atoms with Gasteiger partial charge in [0.1, 0.15) is 5.75 Å². The Hall–Kier alpha value is -2.49. The van der Waals surface area contributed by atoms with Crippen LogP contribution in [0, 0.1) is 6.92 Å². The Morgan fingerprint density at radius 2 is 1.44 bits per heavy atom. The van der Waals surface area contributed by atoms with Gasteiger partial charge in [-0.15, -0.1) is 0 Å². The number of phenolic OH excluding ortho intramolecular Hbond substituents is 3. The third-order valence-corrected chi connectivity index (χ3v) is 2.74. The Balaban J connectivity index is 2.55. The van der Waals surface area contributed by atoms with Crippen molar-refractivity contribution in [2.24, 2.45) is 0 Å². The highest BCUT2D eigenvalue weighted by atomic mass is 16.3. The summed E-state index contributed by atoms with van der Waals surface area (Å²) in [7, 11) is 0. The van der Waals surface area contributed by atoms with Gasteiger partial charge in [-0.2, -0.15) is 0 Å². The quantitative estimate of drug-likeness (QED) is 0.559. The molecule has 4 heteroatoms. The monoisotopic (exact) mass is 244 g/mol. The van der Waals surface area contributed by atoms with E-state index >= 15 is 0 Å². The van der Waals surface area contributed by atoms with Crippen LogP contribution in [0.15, 0.2) is 36.4 Å². The summed E-state index contributed by atoms with van der Waals surface area (Å²) in [6, 6.07) is 8.90. The number of carbonyl (C=O) groups excluding carboxylic acids is 1. The highest BCUT2D eigenvalue weighted by molar-refractivity contribution is 6.12. The van der Waals surface area contributed by atoms with Crippen LogP contribution in [-0.2, 0) is 0 Å². The molecule has 92 valence electrons. The molecule has 0 atom stereocenters. The van der Waals surface area contributed by atoms with Gasteiger partial charge in [0.2, 0.25) is 5.78 Å². The summed E-state index contributed by atoms with van der Waals surface area (Å²) >= 11 is 0. The van der Waals surface area contributed by atoms with Crippen molar-refractivity contribution in [2.75, 3.05) is 0 Å². The van der Waals surface area contributed by atoms with Gasteiger partial charge in [-0.25, -0.2) is 0 Å². The molecule has 0 aliphatic carbocycles. The molecule has 0 unspecified atom stereocenters. The number of hydrogen-bond acceptors (Lipinski definition) is 4. The largest absolute Gasteiger partial charge is 0.507 e. The molecule has 2 rings (SSSR count). The first-order chi connectivity index (χ1) is 8.52. The summed E-state index contributed by atoms with van der Waals surface area (Å²) < 4.78 is 0. The van der Waals surface area contributed by atoms with Crippen molar-refractivity contribution in [3.63, 3.8) is 0 Å². The van der Waals surface area contributed by atoms with Crippen LogP contribution < -0.4 is 0 Å². The topological polar surface area (TPSA) is 77.8 Å². The summed E-state index contributed by atoms with van der Waals surface area (Å²) in [5.41, 5.74) is 0.618. The second kappa shape index (κ2) is 4.41. The second-order valence-electron chi connectivity index (χ2n) is 3.97. The lowest BCUT2D eigenvalue weighted by atomic mass is 9.99. The third-order valence-electron chi connectivity index (χ3n) is 2.74. The van der Waals surface area contributed by atoms with Crippen LogP contribution in [-0.4, -0.2) is 21.1 Å². The summed E-state index contributed by atoms with van der Waals surface area (Å²) in [4.78, 5) is 12.2. The molecule has 0 aliphatic rings. The number of aromatic hydroxyl groups is 3. The summed E-state index contributed by atoms with van der Waals surface area (Å²) in [5, 5.41) is 28.8. The van der Waals surface area contributed by atoms with Crippen LogP contribution in [0.2, 0.25) is 0 Å². The molecular formula is C14H12O4. The van der Waals surface area contributed by atoms with E-state index in [0.717, 1.165) is 0 Å². The van der Waals surface area contributed by atoms with Gasteiger partial charge in [-0.1, -0.05) is 18.2 Å². The molecule has 0 saturated carbocycles. The molecule has 0 aromatic heterocycles. The molecule has 0 amide bonds. The number of phenols is 3. The Morgan fingerprint density at radius 1 is 0.889 bits per heavy atom. The standard InChI is InChI=1S/C14H12O4/c1-8-4-2-5-9(12(8)16)13(17)10-6-3-7-11(15)14(10)18/h2-7,15-16,18H,1H3. The molecule has 3 N–H and O–H groups in total. The maximum Gasteiger partial charge on any atom is 0.200 e. The fourth-order valence-electron chi connectivity index (χ4n) is 1.70. The Labute approximate surface area is 104 Å². The van der Waals surface area contributed by atoms with Gasteiger partial charge >= 0.3 is 0 Å². The number of benzene rings is 2. The average molecular weight is 244 g/mol. The van der Waals surface area contributed by atoms with Gasteiger partial charge in [-0.05, 0) is 30.7 Å².